The summed E-state index contributed by atoms with van der Waals surface area (Å²) in [4.78, 5) is 23.8. The standard InChI is InChI=1S/C17H16N2O2/c1-13(17(21)19-15-10-6-3-7-11-15)12-16(20)18-14-8-4-2-5-9-14/h2-12H,1H3,(H,18,20)(H,19,21). The van der Waals surface area contributed by atoms with E-state index in [-0.39, 0.29) is 11.8 Å². The number of hydrogen-bond acceptors (Lipinski definition) is 2. The minimum atomic E-state index is -0.332. The average molecular weight is 280 g/mol. The van der Waals surface area contributed by atoms with Gasteiger partial charge in [0.05, 0.1) is 0 Å². The summed E-state index contributed by atoms with van der Waals surface area (Å²) in [5.41, 5.74) is 1.72. The van der Waals surface area contributed by atoms with Crippen molar-refractivity contribution in [2.24, 2.45) is 0 Å². The van der Waals surface area contributed by atoms with Crippen molar-refractivity contribution in [2.75, 3.05) is 10.6 Å². The lowest BCUT2D eigenvalue weighted by atomic mass is 10.2. The summed E-state index contributed by atoms with van der Waals surface area (Å²) in [7, 11) is 0. The lowest BCUT2D eigenvalue weighted by molar-refractivity contribution is -0.114. The van der Waals surface area contributed by atoms with Crippen molar-refractivity contribution in [1.29, 1.82) is 0 Å². The summed E-state index contributed by atoms with van der Waals surface area (Å²) in [5.74, 6) is -0.633. The Morgan fingerprint density at radius 2 is 1.29 bits per heavy atom. The molecular formula is C17H16N2O2. The van der Waals surface area contributed by atoms with E-state index in [0.29, 0.717) is 16.9 Å². The Morgan fingerprint density at radius 1 is 0.810 bits per heavy atom. The highest BCUT2D eigenvalue weighted by Crippen LogP contribution is 2.08. The molecule has 2 amide bonds. The number of carbonyl (C=O) groups excluding carboxylic acids is 2. The summed E-state index contributed by atoms with van der Waals surface area (Å²) in [6, 6.07) is 18.2. The number of amides is 2. The SMILES string of the molecule is CC(=CC(=O)Nc1ccccc1)C(=O)Nc1ccccc1. The maximum Gasteiger partial charge on any atom is 0.251 e. The number of anilines is 2. The van der Waals surface area contributed by atoms with E-state index in [2.05, 4.69) is 10.6 Å². The number of carbonyl (C=O) groups is 2. The summed E-state index contributed by atoms with van der Waals surface area (Å²) < 4.78 is 0. The molecule has 0 saturated heterocycles. The molecule has 2 aromatic carbocycles. The van der Waals surface area contributed by atoms with Gasteiger partial charge in [0.25, 0.3) is 5.91 Å². The first-order valence-electron chi connectivity index (χ1n) is 6.56. The molecule has 0 atom stereocenters. The smallest absolute Gasteiger partial charge is 0.251 e. The Hall–Kier alpha value is -2.88. The molecule has 0 heterocycles. The molecule has 0 unspecified atom stereocenters. The van der Waals surface area contributed by atoms with Crippen LogP contribution in [0.3, 0.4) is 0 Å². The van der Waals surface area contributed by atoms with Gasteiger partial charge in [0.15, 0.2) is 0 Å². The van der Waals surface area contributed by atoms with Crippen LogP contribution >= 0.6 is 0 Å². The first kappa shape index (κ1) is 14.5. The molecule has 0 spiro atoms. The molecule has 0 fully saturated rings. The van der Waals surface area contributed by atoms with Crippen LogP contribution in [0.5, 0.6) is 0 Å². The van der Waals surface area contributed by atoms with Crippen LogP contribution in [-0.2, 0) is 9.59 Å². The third-order valence-corrected chi connectivity index (χ3v) is 2.78. The fourth-order valence-corrected chi connectivity index (χ4v) is 1.71. The molecule has 0 aliphatic rings. The predicted octanol–water partition coefficient (Wildman–Crippen LogP) is 3.21. The summed E-state index contributed by atoms with van der Waals surface area (Å²) in [5, 5.41) is 5.42. The van der Waals surface area contributed by atoms with Crippen LogP contribution in [0.15, 0.2) is 72.3 Å². The van der Waals surface area contributed by atoms with Crippen LogP contribution in [0.25, 0.3) is 0 Å². The van der Waals surface area contributed by atoms with E-state index in [4.69, 9.17) is 0 Å². The molecule has 0 bridgehead atoms. The van der Waals surface area contributed by atoms with E-state index in [0.717, 1.165) is 0 Å². The Morgan fingerprint density at radius 3 is 1.81 bits per heavy atom. The molecule has 2 aromatic rings. The maximum absolute atomic E-state index is 11.9. The molecule has 0 radical (unpaired) electrons. The van der Waals surface area contributed by atoms with Crippen molar-refractivity contribution in [3.8, 4) is 0 Å². The lowest BCUT2D eigenvalue weighted by Gasteiger charge is -2.05. The molecular weight excluding hydrogens is 264 g/mol. The summed E-state index contributed by atoms with van der Waals surface area (Å²) in [6.45, 7) is 1.60. The Labute approximate surface area is 123 Å². The molecule has 0 aliphatic carbocycles. The van der Waals surface area contributed by atoms with Crippen molar-refractivity contribution in [3.05, 3.63) is 72.3 Å². The van der Waals surface area contributed by atoms with Crippen LogP contribution in [0.1, 0.15) is 6.92 Å². The van der Waals surface area contributed by atoms with Gasteiger partial charge in [-0.1, -0.05) is 36.4 Å². The molecule has 4 nitrogen and oxygen atoms in total. The van der Waals surface area contributed by atoms with Gasteiger partial charge < -0.3 is 10.6 Å². The van der Waals surface area contributed by atoms with E-state index in [9.17, 15) is 9.59 Å². The summed E-state index contributed by atoms with van der Waals surface area (Å²) in [6.07, 6.45) is 1.28. The quantitative estimate of drug-likeness (QED) is 0.845. The zero-order chi connectivity index (χ0) is 15.1. The minimum absolute atomic E-state index is 0.301. The fraction of sp³-hybridized carbons (Fsp3) is 0.0588. The highest BCUT2D eigenvalue weighted by atomic mass is 16.2. The van der Waals surface area contributed by atoms with E-state index in [1.165, 1.54) is 6.08 Å². The summed E-state index contributed by atoms with van der Waals surface area (Å²) >= 11 is 0. The third kappa shape index (κ3) is 4.62. The number of rotatable bonds is 4. The van der Waals surface area contributed by atoms with Gasteiger partial charge in [0.2, 0.25) is 5.91 Å². The molecule has 0 aliphatic heterocycles. The van der Waals surface area contributed by atoms with Crippen molar-refractivity contribution in [2.45, 2.75) is 6.92 Å². The predicted molar refractivity (Wildman–Crippen MR) is 83.9 cm³/mol. The monoisotopic (exact) mass is 280 g/mol. The van der Waals surface area contributed by atoms with Gasteiger partial charge in [0, 0.05) is 23.0 Å². The van der Waals surface area contributed by atoms with Gasteiger partial charge in [-0.2, -0.15) is 0 Å². The van der Waals surface area contributed by atoms with Crippen LogP contribution in [0.4, 0.5) is 11.4 Å². The molecule has 2 rings (SSSR count). The maximum atomic E-state index is 11.9. The molecule has 0 saturated carbocycles. The van der Waals surface area contributed by atoms with Gasteiger partial charge in [-0.05, 0) is 31.2 Å². The Bertz CT molecular complexity index is 649. The number of para-hydroxylation sites is 2. The second-order valence-corrected chi connectivity index (χ2v) is 4.50. The van der Waals surface area contributed by atoms with Gasteiger partial charge in [0.1, 0.15) is 0 Å². The second-order valence-electron chi connectivity index (χ2n) is 4.50. The topological polar surface area (TPSA) is 58.2 Å². The lowest BCUT2D eigenvalue weighted by Crippen LogP contribution is -2.16. The van der Waals surface area contributed by atoms with E-state index >= 15 is 0 Å². The van der Waals surface area contributed by atoms with Gasteiger partial charge in [-0.25, -0.2) is 0 Å². The normalized spacial score (nSPS) is 10.8. The van der Waals surface area contributed by atoms with Crippen LogP contribution < -0.4 is 10.6 Å². The molecule has 4 heteroatoms. The van der Waals surface area contributed by atoms with E-state index in [1.807, 2.05) is 36.4 Å². The average Bonchev–Trinajstić information content (AvgIpc) is 2.49. The highest BCUT2D eigenvalue weighted by Gasteiger charge is 2.07. The van der Waals surface area contributed by atoms with Crippen molar-refractivity contribution in [3.63, 3.8) is 0 Å². The Kier molecular flexibility index (Phi) is 4.88. The first-order valence-corrected chi connectivity index (χ1v) is 6.56. The number of nitrogens with one attached hydrogen (secondary N) is 2. The van der Waals surface area contributed by atoms with Crippen molar-refractivity contribution < 1.29 is 9.59 Å². The van der Waals surface area contributed by atoms with Gasteiger partial charge in [-0.3, -0.25) is 9.59 Å². The van der Waals surface area contributed by atoms with Crippen LogP contribution in [0, 0.1) is 0 Å². The molecule has 21 heavy (non-hydrogen) atoms. The first-order chi connectivity index (χ1) is 10.1. The van der Waals surface area contributed by atoms with Gasteiger partial charge >= 0.3 is 0 Å². The van der Waals surface area contributed by atoms with E-state index in [1.54, 1.807) is 31.2 Å². The van der Waals surface area contributed by atoms with Crippen LogP contribution in [0.2, 0.25) is 0 Å². The number of hydrogen-bond donors (Lipinski definition) is 2. The largest absolute Gasteiger partial charge is 0.323 e. The minimum Gasteiger partial charge on any atom is -0.323 e. The second kappa shape index (κ2) is 7.05. The van der Waals surface area contributed by atoms with Crippen molar-refractivity contribution in [1.82, 2.24) is 0 Å². The van der Waals surface area contributed by atoms with Crippen molar-refractivity contribution >= 4 is 23.2 Å². The Balaban J connectivity index is 1.96. The van der Waals surface area contributed by atoms with E-state index < -0.39 is 0 Å². The van der Waals surface area contributed by atoms with Crippen LogP contribution in [-0.4, -0.2) is 11.8 Å². The molecule has 106 valence electrons. The zero-order valence-corrected chi connectivity index (χ0v) is 11.7. The number of benzene rings is 2. The highest BCUT2D eigenvalue weighted by molar-refractivity contribution is 6.09. The molecule has 2 N–H and O–H groups in total. The molecule has 0 aromatic heterocycles. The van der Waals surface area contributed by atoms with Gasteiger partial charge in [-0.15, -0.1) is 0 Å². The third-order valence-electron chi connectivity index (χ3n) is 2.78. The fourth-order valence-electron chi connectivity index (χ4n) is 1.71. The zero-order valence-electron chi connectivity index (χ0n) is 11.7.